The summed E-state index contributed by atoms with van der Waals surface area (Å²) in [6, 6.07) is 60.8. The van der Waals surface area contributed by atoms with Gasteiger partial charge in [0.25, 0.3) is 0 Å². The fourth-order valence-electron chi connectivity index (χ4n) is 7.65. The Kier molecular flexibility index (Phi) is 7.14. The molecule has 0 aliphatic heterocycles. The number of hydrogen-bond acceptors (Lipinski definition) is 3. The molecule has 3 heterocycles. The van der Waals surface area contributed by atoms with Gasteiger partial charge in [0.2, 0.25) is 0 Å². The number of rotatable bonds is 5. The smallest absolute Gasteiger partial charge is 0.0972 e. The first-order valence-electron chi connectivity index (χ1n) is 17.6. The van der Waals surface area contributed by atoms with Crippen molar-refractivity contribution >= 4 is 43.1 Å². The number of hydrogen-bond donors (Lipinski definition) is 0. The van der Waals surface area contributed by atoms with E-state index in [-0.39, 0.29) is 0 Å². The Labute approximate surface area is 301 Å². The van der Waals surface area contributed by atoms with Crippen molar-refractivity contribution in [1.29, 1.82) is 0 Å². The predicted molar refractivity (Wildman–Crippen MR) is 217 cm³/mol. The number of pyridine rings is 3. The van der Waals surface area contributed by atoms with Gasteiger partial charge in [-0.25, -0.2) is 4.98 Å². The molecule has 0 amide bonds. The van der Waals surface area contributed by atoms with E-state index in [9.17, 15) is 0 Å². The maximum atomic E-state index is 5.28. The first-order valence-corrected chi connectivity index (χ1v) is 17.6. The normalized spacial score (nSPS) is 11.5. The fourth-order valence-corrected chi connectivity index (χ4v) is 7.65. The Morgan fingerprint density at radius 1 is 0.288 bits per heavy atom. The van der Waals surface area contributed by atoms with Crippen LogP contribution in [0.2, 0.25) is 0 Å². The molecule has 3 heteroatoms. The highest BCUT2D eigenvalue weighted by molar-refractivity contribution is 6.25. The molecule has 0 fully saturated rings. The highest BCUT2D eigenvalue weighted by Gasteiger charge is 2.14. The molecular formula is C49H31N3. The van der Waals surface area contributed by atoms with Crippen LogP contribution in [0.15, 0.2) is 188 Å². The van der Waals surface area contributed by atoms with Crippen LogP contribution in [0.4, 0.5) is 0 Å². The van der Waals surface area contributed by atoms with Crippen molar-refractivity contribution in [2.75, 3.05) is 0 Å². The van der Waals surface area contributed by atoms with Crippen molar-refractivity contribution in [3.63, 3.8) is 0 Å². The van der Waals surface area contributed by atoms with Gasteiger partial charge in [-0.3, -0.25) is 9.97 Å². The van der Waals surface area contributed by atoms with Crippen molar-refractivity contribution in [3.8, 4) is 56.0 Å². The Bertz CT molecular complexity index is 2930. The van der Waals surface area contributed by atoms with Crippen LogP contribution in [-0.2, 0) is 0 Å². The number of benzene rings is 7. The molecule has 0 bridgehead atoms. The predicted octanol–water partition coefficient (Wildman–Crippen LogP) is 12.8. The first kappa shape index (κ1) is 29.9. The number of nitrogens with zero attached hydrogens (tertiary/aromatic N) is 3. The van der Waals surface area contributed by atoms with Crippen molar-refractivity contribution in [2.24, 2.45) is 0 Å². The van der Waals surface area contributed by atoms with Crippen LogP contribution in [0.1, 0.15) is 0 Å². The highest BCUT2D eigenvalue weighted by atomic mass is 14.8. The van der Waals surface area contributed by atoms with E-state index in [0.29, 0.717) is 0 Å². The second kappa shape index (κ2) is 12.4. The summed E-state index contributed by atoms with van der Waals surface area (Å²) in [5, 5.41) is 9.91. The van der Waals surface area contributed by atoms with Gasteiger partial charge in [-0.1, -0.05) is 121 Å². The van der Waals surface area contributed by atoms with Crippen molar-refractivity contribution in [3.05, 3.63) is 188 Å². The molecule has 0 aliphatic rings. The molecule has 10 rings (SSSR count). The molecule has 3 nitrogen and oxygen atoms in total. The third kappa shape index (κ3) is 5.19. The second-order valence-electron chi connectivity index (χ2n) is 13.3. The van der Waals surface area contributed by atoms with Gasteiger partial charge >= 0.3 is 0 Å². The van der Waals surface area contributed by atoms with E-state index in [4.69, 9.17) is 9.97 Å². The summed E-state index contributed by atoms with van der Waals surface area (Å²) >= 11 is 0. The third-order valence-electron chi connectivity index (χ3n) is 10.2. The maximum Gasteiger partial charge on any atom is 0.0972 e. The molecule has 52 heavy (non-hydrogen) atoms. The largest absolute Gasteiger partial charge is 0.265 e. The molecule has 0 saturated carbocycles. The summed E-state index contributed by atoms with van der Waals surface area (Å²) in [7, 11) is 0. The number of fused-ring (bicyclic) bond motifs is 7. The molecule has 0 atom stereocenters. The molecule has 0 spiro atoms. The lowest BCUT2D eigenvalue weighted by atomic mass is 9.91. The van der Waals surface area contributed by atoms with Crippen LogP contribution in [-0.4, -0.2) is 15.0 Å². The van der Waals surface area contributed by atoms with Crippen LogP contribution in [0.3, 0.4) is 0 Å². The molecule has 0 aliphatic carbocycles. The van der Waals surface area contributed by atoms with E-state index in [2.05, 4.69) is 157 Å². The molecule has 0 saturated heterocycles. The molecular weight excluding hydrogens is 631 g/mol. The average Bonchev–Trinajstić information content (AvgIpc) is 3.23. The van der Waals surface area contributed by atoms with Crippen LogP contribution < -0.4 is 0 Å². The standard InChI is InChI=1S/C49H31N3/c1-2-14-40-38(9-1)31-47(52-49(40)48-30-37(23-26-51-48)32-21-24-50-25-22-32)39-13-8-12-35(28-39)33-10-7-11-34(27-33)36-19-20-45-43-17-4-3-15-41(43)42-16-5-6-18-44(42)46(45)29-36/h1-31H. The van der Waals surface area contributed by atoms with Crippen LogP contribution >= 0.6 is 0 Å². The Hall–Kier alpha value is -6.97. The van der Waals surface area contributed by atoms with Gasteiger partial charge in [0.15, 0.2) is 0 Å². The van der Waals surface area contributed by atoms with Gasteiger partial charge in [0.05, 0.1) is 17.1 Å². The second-order valence-corrected chi connectivity index (χ2v) is 13.3. The first-order chi connectivity index (χ1) is 25.8. The van der Waals surface area contributed by atoms with Gasteiger partial charge < -0.3 is 0 Å². The van der Waals surface area contributed by atoms with E-state index >= 15 is 0 Å². The average molecular weight is 662 g/mol. The molecule has 242 valence electrons. The molecule has 0 unspecified atom stereocenters. The molecule has 7 aromatic carbocycles. The summed E-state index contributed by atoms with van der Waals surface area (Å²) in [4.78, 5) is 14.3. The van der Waals surface area contributed by atoms with E-state index in [0.717, 1.165) is 55.7 Å². The topological polar surface area (TPSA) is 38.7 Å². The summed E-state index contributed by atoms with van der Waals surface area (Å²) < 4.78 is 0. The monoisotopic (exact) mass is 661 g/mol. The molecule has 0 radical (unpaired) electrons. The summed E-state index contributed by atoms with van der Waals surface area (Å²) in [6.07, 6.45) is 5.50. The lowest BCUT2D eigenvalue weighted by Crippen LogP contribution is -1.94. The van der Waals surface area contributed by atoms with E-state index in [1.165, 1.54) is 43.4 Å². The van der Waals surface area contributed by atoms with Gasteiger partial charge in [-0.2, -0.15) is 0 Å². The number of aromatic nitrogens is 3. The SMILES string of the molecule is c1cc(-c2cccc(-c3cc4ccccc4c(-c4cc(-c5ccncc5)ccn4)n3)c2)cc(-c2ccc3c4ccccc4c4ccccc4c3c2)c1. The Balaban J connectivity index is 1.06. The van der Waals surface area contributed by atoms with Crippen molar-refractivity contribution < 1.29 is 0 Å². The lowest BCUT2D eigenvalue weighted by Gasteiger charge is -2.13. The van der Waals surface area contributed by atoms with Gasteiger partial charge in [0.1, 0.15) is 0 Å². The minimum atomic E-state index is 0.840. The Morgan fingerprint density at radius 2 is 0.808 bits per heavy atom. The summed E-state index contributed by atoms with van der Waals surface area (Å²) in [5.41, 5.74) is 10.6. The van der Waals surface area contributed by atoms with Crippen LogP contribution in [0.5, 0.6) is 0 Å². The Morgan fingerprint density at radius 3 is 1.50 bits per heavy atom. The van der Waals surface area contributed by atoms with Crippen molar-refractivity contribution in [2.45, 2.75) is 0 Å². The molecule has 10 aromatic rings. The quantitative estimate of drug-likeness (QED) is 0.172. The van der Waals surface area contributed by atoms with Crippen LogP contribution in [0.25, 0.3) is 99.1 Å². The summed E-state index contributed by atoms with van der Waals surface area (Å²) in [6.45, 7) is 0. The minimum absolute atomic E-state index is 0.840. The highest BCUT2D eigenvalue weighted by Crippen LogP contribution is 2.38. The van der Waals surface area contributed by atoms with E-state index in [1.54, 1.807) is 0 Å². The molecule has 3 aromatic heterocycles. The lowest BCUT2D eigenvalue weighted by molar-refractivity contribution is 1.26. The van der Waals surface area contributed by atoms with Gasteiger partial charge in [-0.15, -0.1) is 0 Å². The van der Waals surface area contributed by atoms with Crippen molar-refractivity contribution in [1.82, 2.24) is 15.0 Å². The van der Waals surface area contributed by atoms with Crippen LogP contribution in [0, 0.1) is 0 Å². The molecule has 0 N–H and O–H groups in total. The summed E-state index contributed by atoms with van der Waals surface area (Å²) in [5.74, 6) is 0. The maximum absolute atomic E-state index is 5.28. The zero-order chi connectivity index (χ0) is 34.4. The van der Waals surface area contributed by atoms with E-state index < -0.39 is 0 Å². The van der Waals surface area contributed by atoms with E-state index in [1.807, 2.05) is 36.8 Å². The third-order valence-corrected chi connectivity index (χ3v) is 10.2. The fraction of sp³-hybridized carbons (Fsp3) is 0. The minimum Gasteiger partial charge on any atom is -0.265 e. The zero-order valence-electron chi connectivity index (χ0n) is 28.2. The van der Waals surface area contributed by atoms with Gasteiger partial charge in [0, 0.05) is 29.5 Å². The zero-order valence-corrected chi connectivity index (χ0v) is 28.2. The van der Waals surface area contributed by atoms with Gasteiger partial charge in [-0.05, 0) is 120 Å².